The maximum Gasteiger partial charge on any atom is 0.311 e. The Morgan fingerprint density at radius 3 is 2.19 bits per heavy atom. The number of rotatable bonds is 6. The van der Waals surface area contributed by atoms with Crippen LogP contribution in [0, 0.1) is 15.9 Å². The number of carbonyl (C=O) groups is 1. The highest BCUT2D eigenvalue weighted by Gasteiger charge is 2.27. The van der Waals surface area contributed by atoms with Gasteiger partial charge in [0.1, 0.15) is 5.82 Å². The molecule has 0 fully saturated rings. The minimum atomic E-state index is -1.14. The van der Waals surface area contributed by atoms with Gasteiger partial charge >= 0.3 is 5.69 Å². The molecular weight excluding hydrogens is 337 g/mol. The second kappa shape index (κ2) is 7.57. The van der Waals surface area contributed by atoms with Crippen LogP contribution < -0.4 is 4.74 Å². The van der Waals surface area contributed by atoms with Crippen LogP contribution in [0.2, 0.25) is 0 Å². The molecule has 3 aromatic carbocycles. The van der Waals surface area contributed by atoms with E-state index in [4.69, 9.17) is 4.74 Å². The molecule has 0 saturated carbocycles. The van der Waals surface area contributed by atoms with Gasteiger partial charge in [-0.25, -0.2) is 4.39 Å². The van der Waals surface area contributed by atoms with Gasteiger partial charge in [0.15, 0.2) is 6.10 Å². The maximum atomic E-state index is 13.6. The molecule has 0 aliphatic heterocycles. The van der Waals surface area contributed by atoms with Crippen molar-refractivity contribution in [2.45, 2.75) is 6.10 Å². The van der Waals surface area contributed by atoms with Gasteiger partial charge in [0.2, 0.25) is 11.5 Å². The number of hydrogen-bond acceptors (Lipinski definition) is 4. The predicted octanol–water partition coefficient (Wildman–Crippen LogP) is 4.74. The van der Waals surface area contributed by atoms with Gasteiger partial charge in [-0.2, -0.15) is 0 Å². The van der Waals surface area contributed by atoms with Gasteiger partial charge in [0.05, 0.1) is 4.92 Å². The first-order chi connectivity index (χ1) is 12.6. The fourth-order valence-electron chi connectivity index (χ4n) is 2.51. The molecule has 1 atom stereocenters. The van der Waals surface area contributed by atoms with E-state index in [-0.39, 0.29) is 11.5 Å². The van der Waals surface area contributed by atoms with Crippen molar-refractivity contribution in [3.05, 3.63) is 106 Å². The topological polar surface area (TPSA) is 69.4 Å². The summed E-state index contributed by atoms with van der Waals surface area (Å²) >= 11 is 0. The molecule has 0 aromatic heterocycles. The molecule has 6 heteroatoms. The van der Waals surface area contributed by atoms with Crippen molar-refractivity contribution >= 4 is 11.5 Å². The Labute approximate surface area is 148 Å². The van der Waals surface area contributed by atoms with Gasteiger partial charge in [0.25, 0.3) is 0 Å². The molecule has 0 heterocycles. The molecule has 0 bridgehead atoms. The largest absolute Gasteiger partial charge is 0.470 e. The average Bonchev–Trinajstić information content (AvgIpc) is 2.67. The normalized spacial score (nSPS) is 11.6. The van der Waals surface area contributed by atoms with E-state index in [0.717, 1.165) is 18.2 Å². The molecule has 0 N–H and O–H groups in total. The van der Waals surface area contributed by atoms with Gasteiger partial charge in [-0.1, -0.05) is 60.7 Å². The first-order valence-corrected chi connectivity index (χ1v) is 7.81. The molecule has 0 unspecified atom stereocenters. The van der Waals surface area contributed by atoms with Crippen LogP contribution in [-0.4, -0.2) is 10.7 Å². The number of Topliss-reactive ketones (excluding diaryl/α,β-unsaturated/α-hetero) is 1. The van der Waals surface area contributed by atoms with Crippen LogP contribution in [-0.2, 0) is 0 Å². The van der Waals surface area contributed by atoms with Crippen molar-refractivity contribution < 1.29 is 18.8 Å². The highest BCUT2D eigenvalue weighted by Crippen LogP contribution is 2.33. The second-order valence-corrected chi connectivity index (χ2v) is 5.51. The van der Waals surface area contributed by atoms with Crippen molar-refractivity contribution in [2.24, 2.45) is 0 Å². The number of hydrogen-bond donors (Lipinski definition) is 0. The molecule has 0 aliphatic rings. The van der Waals surface area contributed by atoms with Crippen LogP contribution in [0.15, 0.2) is 78.9 Å². The number of benzene rings is 3. The minimum absolute atomic E-state index is 0.298. The van der Waals surface area contributed by atoms with E-state index in [9.17, 15) is 19.3 Å². The van der Waals surface area contributed by atoms with Crippen LogP contribution in [0.4, 0.5) is 10.1 Å². The van der Waals surface area contributed by atoms with Gasteiger partial charge in [0, 0.05) is 23.3 Å². The lowest BCUT2D eigenvalue weighted by atomic mass is 10.00. The van der Waals surface area contributed by atoms with Crippen molar-refractivity contribution in [3.8, 4) is 5.75 Å². The summed E-state index contributed by atoms with van der Waals surface area (Å²) in [6, 6.07) is 19.9. The number of ketones is 1. The molecule has 130 valence electrons. The predicted molar refractivity (Wildman–Crippen MR) is 93.6 cm³/mol. The summed E-state index contributed by atoms with van der Waals surface area (Å²) in [5, 5.41) is 11.2. The monoisotopic (exact) mass is 351 g/mol. The van der Waals surface area contributed by atoms with Crippen molar-refractivity contribution in [1.82, 2.24) is 0 Å². The van der Waals surface area contributed by atoms with Crippen LogP contribution in [0.5, 0.6) is 5.75 Å². The lowest BCUT2D eigenvalue weighted by molar-refractivity contribution is -0.386. The summed E-state index contributed by atoms with van der Waals surface area (Å²) in [6.45, 7) is 0. The van der Waals surface area contributed by atoms with Crippen molar-refractivity contribution in [2.75, 3.05) is 0 Å². The molecule has 0 saturated heterocycles. The fraction of sp³-hybridized carbons (Fsp3) is 0.0500. The Morgan fingerprint density at radius 2 is 1.58 bits per heavy atom. The molecule has 0 radical (unpaired) electrons. The van der Waals surface area contributed by atoms with Gasteiger partial charge in [-0.3, -0.25) is 14.9 Å². The Bertz CT molecular complexity index is 929. The average molecular weight is 351 g/mol. The van der Waals surface area contributed by atoms with Crippen molar-refractivity contribution in [1.29, 1.82) is 0 Å². The molecule has 3 rings (SSSR count). The standard InChI is InChI=1S/C20H14FNO4/c21-16-11-12-17(22(24)25)18(13-16)26-20(15-9-5-2-6-10-15)19(23)14-7-3-1-4-8-14/h1-13,20H/t20-/m0/s1. The molecule has 0 spiro atoms. The zero-order chi connectivity index (χ0) is 18.5. The van der Waals surface area contributed by atoms with Crippen LogP contribution in [0.3, 0.4) is 0 Å². The van der Waals surface area contributed by atoms with E-state index in [1.807, 2.05) is 0 Å². The number of nitro benzene ring substituents is 1. The van der Waals surface area contributed by atoms with Crippen LogP contribution >= 0.6 is 0 Å². The Morgan fingerprint density at radius 1 is 0.962 bits per heavy atom. The zero-order valence-corrected chi connectivity index (χ0v) is 13.5. The molecular formula is C20H14FNO4. The lowest BCUT2D eigenvalue weighted by Crippen LogP contribution is -2.19. The lowest BCUT2D eigenvalue weighted by Gasteiger charge is -2.18. The van der Waals surface area contributed by atoms with E-state index in [1.165, 1.54) is 0 Å². The van der Waals surface area contributed by atoms with E-state index in [1.54, 1.807) is 60.7 Å². The summed E-state index contributed by atoms with van der Waals surface area (Å²) in [4.78, 5) is 23.5. The van der Waals surface area contributed by atoms with Gasteiger partial charge in [-0.05, 0) is 6.07 Å². The number of carbonyl (C=O) groups excluding carboxylic acids is 1. The number of ether oxygens (including phenoxy) is 1. The van der Waals surface area contributed by atoms with E-state index >= 15 is 0 Å². The molecule has 26 heavy (non-hydrogen) atoms. The number of nitrogens with zero attached hydrogens (tertiary/aromatic N) is 1. The Kier molecular flexibility index (Phi) is 5.03. The summed E-state index contributed by atoms with van der Waals surface area (Å²) in [5.74, 6) is -1.37. The van der Waals surface area contributed by atoms with Crippen molar-refractivity contribution in [3.63, 3.8) is 0 Å². The zero-order valence-electron chi connectivity index (χ0n) is 13.5. The number of halogens is 1. The first-order valence-electron chi connectivity index (χ1n) is 7.81. The van der Waals surface area contributed by atoms with Crippen LogP contribution in [0.25, 0.3) is 0 Å². The van der Waals surface area contributed by atoms with E-state index in [2.05, 4.69) is 0 Å². The van der Waals surface area contributed by atoms with Crippen LogP contribution in [0.1, 0.15) is 22.0 Å². The summed E-state index contributed by atoms with van der Waals surface area (Å²) in [7, 11) is 0. The SMILES string of the molecule is O=C(c1ccccc1)[C@@H](Oc1cc(F)ccc1[N+](=O)[O-])c1ccccc1. The minimum Gasteiger partial charge on any atom is -0.470 e. The molecule has 0 amide bonds. The van der Waals surface area contributed by atoms with E-state index < -0.39 is 22.5 Å². The molecule has 5 nitrogen and oxygen atoms in total. The first kappa shape index (κ1) is 17.3. The molecule has 0 aliphatic carbocycles. The van der Waals surface area contributed by atoms with E-state index in [0.29, 0.717) is 11.1 Å². The quantitative estimate of drug-likeness (QED) is 0.365. The third-order valence-electron chi connectivity index (χ3n) is 3.76. The maximum absolute atomic E-state index is 13.6. The second-order valence-electron chi connectivity index (χ2n) is 5.51. The smallest absolute Gasteiger partial charge is 0.311 e. The third kappa shape index (κ3) is 3.75. The third-order valence-corrected chi connectivity index (χ3v) is 3.76. The summed E-state index contributed by atoms with van der Waals surface area (Å²) in [6.07, 6.45) is -1.14. The number of nitro groups is 1. The van der Waals surface area contributed by atoms with Gasteiger partial charge in [-0.15, -0.1) is 0 Å². The van der Waals surface area contributed by atoms with Gasteiger partial charge < -0.3 is 4.74 Å². The summed E-state index contributed by atoms with van der Waals surface area (Å²) < 4.78 is 19.3. The Balaban J connectivity index is 2.04. The molecule has 3 aromatic rings. The Hall–Kier alpha value is -3.54. The fourth-order valence-corrected chi connectivity index (χ4v) is 2.51. The highest BCUT2D eigenvalue weighted by molar-refractivity contribution is 6.00. The highest BCUT2D eigenvalue weighted by atomic mass is 19.1. The summed E-state index contributed by atoms with van der Waals surface area (Å²) in [5.41, 5.74) is 0.494.